The van der Waals surface area contributed by atoms with Gasteiger partial charge in [-0.3, -0.25) is 28.7 Å². The van der Waals surface area contributed by atoms with E-state index in [-0.39, 0.29) is 36.9 Å². The Labute approximate surface area is 264 Å². The van der Waals surface area contributed by atoms with Gasteiger partial charge in [-0.05, 0) is 74.5 Å². The molecule has 1 fully saturated rings. The van der Waals surface area contributed by atoms with Gasteiger partial charge in [0.15, 0.2) is 0 Å². The van der Waals surface area contributed by atoms with Crippen LogP contribution in [0.2, 0.25) is 0 Å². The number of urea groups is 1. The molecule has 0 atom stereocenters. The van der Waals surface area contributed by atoms with Gasteiger partial charge < -0.3 is 14.7 Å². The molecule has 3 rings (SSSR count). The van der Waals surface area contributed by atoms with Crippen LogP contribution in [0.25, 0.3) is 5.57 Å². The number of barbiturate groups is 1. The first kappa shape index (κ1) is 35.5. The highest BCUT2D eigenvalue weighted by molar-refractivity contribution is 7.85. The molecule has 2 heterocycles. The average Bonchev–Trinajstić information content (AvgIpc) is 2.95. The average molecular weight is 646 g/mol. The van der Waals surface area contributed by atoms with E-state index in [1.165, 1.54) is 12.2 Å². The molecule has 0 saturated carbocycles. The van der Waals surface area contributed by atoms with E-state index in [9.17, 15) is 27.6 Å². The normalized spacial score (nSPS) is 17.5. The highest BCUT2D eigenvalue weighted by Crippen LogP contribution is 2.44. The lowest BCUT2D eigenvalue weighted by atomic mass is 9.80. The molecule has 2 aliphatic heterocycles. The number of imide groups is 2. The van der Waals surface area contributed by atoms with Gasteiger partial charge in [-0.2, -0.15) is 8.42 Å². The molecule has 0 aromatic heterocycles. The predicted molar refractivity (Wildman–Crippen MR) is 170 cm³/mol. The summed E-state index contributed by atoms with van der Waals surface area (Å²) in [7, 11) is -4.33. The number of benzene rings is 1. The highest BCUT2D eigenvalue weighted by Gasteiger charge is 2.41. The molecule has 0 aliphatic carbocycles. The van der Waals surface area contributed by atoms with Crippen molar-refractivity contribution in [1.29, 1.82) is 0 Å². The van der Waals surface area contributed by atoms with Gasteiger partial charge in [0.2, 0.25) is 0 Å². The van der Waals surface area contributed by atoms with Gasteiger partial charge in [0.05, 0.1) is 5.75 Å². The number of carboxylic acids is 1. The van der Waals surface area contributed by atoms with E-state index in [1.54, 1.807) is 0 Å². The number of allylic oxidation sites excluding steroid dienone is 4. The first-order valence-electron chi connectivity index (χ1n) is 15.1. The minimum Gasteiger partial charge on any atom is -0.481 e. The summed E-state index contributed by atoms with van der Waals surface area (Å²) in [5.41, 5.74) is 2.33. The SMILES string of the molecule is CCN(CC)c1ccc2c(c1)O/C(=C\C=C1\C(=O)N(CCCCCC(=O)O)C(=O)N(CCCS(=O)(=O)O)C1=O)C=C2C(C)(C)C. The quantitative estimate of drug-likeness (QED) is 0.123. The van der Waals surface area contributed by atoms with Gasteiger partial charge in [-0.1, -0.05) is 27.2 Å². The number of carbonyl (C=O) groups is 4. The number of hydrogen-bond donors (Lipinski definition) is 2. The zero-order chi connectivity index (χ0) is 33.5. The Bertz CT molecular complexity index is 1520. The van der Waals surface area contributed by atoms with Crippen molar-refractivity contribution < 1.29 is 42.0 Å². The predicted octanol–water partition coefficient (Wildman–Crippen LogP) is 4.88. The lowest BCUT2D eigenvalue weighted by Gasteiger charge is -2.34. The Kier molecular flexibility index (Phi) is 11.7. The maximum Gasteiger partial charge on any atom is 0.333 e. The van der Waals surface area contributed by atoms with E-state index in [1.807, 2.05) is 18.2 Å². The zero-order valence-electron chi connectivity index (χ0n) is 26.5. The molecule has 12 nitrogen and oxygen atoms in total. The van der Waals surface area contributed by atoms with Crippen LogP contribution < -0.4 is 9.64 Å². The Morgan fingerprint density at radius 2 is 1.58 bits per heavy atom. The molecule has 13 heteroatoms. The zero-order valence-corrected chi connectivity index (χ0v) is 27.4. The maximum atomic E-state index is 13.4. The molecule has 45 heavy (non-hydrogen) atoms. The molecular weight excluding hydrogens is 602 g/mol. The summed E-state index contributed by atoms with van der Waals surface area (Å²) in [6.45, 7) is 11.6. The van der Waals surface area contributed by atoms with Crippen LogP contribution in [-0.2, 0) is 24.5 Å². The first-order chi connectivity index (χ1) is 21.1. The molecule has 0 spiro atoms. The summed E-state index contributed by atoms with van der Waals surface area (Å²) in [5, 5.41) is 8.87. The number of fused-ring (bicyclic) bond motifs is 1. The Morgan fingerprint density at radius 3 is 2.13 bits per heavy atom. The van der Waals surface area contributed by atoms with Crippen molar-refractivity contribution >= 4 is 45.2 Å². The monoisotopic (exact) mass is 645 g/mol. The lowest BCUT2D eigenvalue weighted by Crippen LogP contribution is -2.56. The largest absolute Gasteiger partial charge is 0.481 e. The van der Waals surface area contributed by atoms with Crippen LogP contribution in [0.15, 0.2) is 47.8 Å². The highest BCUT2D eigenvalue weighted by atomic mass is 32.2. The fourth-order valence-electron chi connectivity index (χ4n) is 5.21. The van der Waals surface area contributed by atoms with Crippen molar-refractivity contribution in [2.75, 3.05) is 36.8 Å². The minimum absolute atomic E-state index is 0.0511. The molecule has 2 N–H and O–H groups in total. The third-order valence-electron chi connectivity index (χ3n) is 7.59. The molecular formula is C32H43N3O9S. The maximum absolute atomic E-state index is 13.4. The topological polar surface area (TPSA) is 162 Å². The van der Waals surface area contributed by atoms with E-state index in [2.05, 4.69) is 45.6 Å². The van der Waals surface area contributed by atoms with Crippen molar-refractivity contribution in [3.63, 3.8) is 0 Å². The summed E-state index contributed by atoms with van der Waals surface area (Å²) >= 11 is 0. The van der Waals surface area contributed by atoms with Crippen LogP contribution in [0.3, 0.4) is 0 Å². The number of aliphatic carboxylic acids is 1. The van der Waals surface area contributed by atoms with Crippen molar-refractivity contribution in [1.82, 2.24) is 9.80 Å². The van der Waals surface area contributed by atoms with Gasteiger partial charge in [0.25, 0.3) is 21.9 Å². The Hall–Kier alpha value is -3.97. The number of anilines is 1. The van der Waals surface area contributed by atoms with E-state index in [4.69, 9.17) is 14.4 Å². The standard InChI is InChI=1S/C32H43N3O9S/c1-6-33(7-2)22-13-15-24-26(32(3,4)5)21-23(44-27(24)20-22)14-16-25-29(38)34(17-10-8-9-12-28(36)37)31(40)35(30(25)39)18-11-19-45(41,42)43/h13-16,20-21H,6-12,17-19H2,1-5H3,(H,36,37)(H,41,42,43)/b23-14-,25-16-. The molecule has 0 bridgehead atoms. The summed E-state index contributed by atoms with van der Waals surface area (Å²) in [5.74, 6) is -2.31. The molecule has 1 aromatic carbocycles. The van der Waals surface area contributed by atoms with Crippen LogP contribution in [0.5, 0.6) is 5.75 Å². The third kappa shape index (κ3) is 9.27. The van der Waals surface area contributed by atoms with Crippen LogP contribution in [0, 0.1) is 5.41 Å². The van der Waals surface area contributed by atoms with Crippen LogP contribution in [0.1, 0.15) is 72.3 Å². The molecule has 1 aromatic rings. The number of unbranched alkanes of at least 4 members (excludes halogenated alkanes) is 2. The van der Waals surface area contributed by atoms with E-state index < -0.39 is 39.7 Å². The van der Waals surface area contributed by atoms with Gasteiger partial charge in [0.1, 0.15) is 17.1 Å². The second-order valence-corrected chi connectivity index (χ2v) is 13.5. The number of carbonyl (C=O) groups excluding carboxylic acids is 3. The number of rotatable bonds is 14. The van der Waals surface area contributed by atoms with Gasteiger partial charge in [-0.15, -0.1) is 0 Å². The molecule has 246 valence electrons. The van der Waals surface area contributed by atoms with E-state index >= 15 is 0 Å². The van der Waals surface area contributed by atoms with Crippen LogP contribution in [0.4, 0.5) is 10.5 Å². The molecule has 4 amide bonds. The van der Waals surface area contributed by atoms with Crippen molar-refractivity contribution in [2.24, 2.45) is 5.41 Å². The Balaban J connectivity index is 1.98. The summed E-state index contributed by atoms with van der Waals surface area (Å²) in [4.78, 5) is 54.7. The van der Waals surface area contributed by atoms with Crippen LogP contribution >= 0.6 is 0 Å². The number of nitrogens with zero attached hydrogens (tertiary/aromatic N) is 3. The van der Waals surface area contributed by atoms with Crippen molar-refractivity contribution in [2.45, 2.75) is 66.7 Å². The lowest BCUT2D eigenvalue weighted by molar-refractivity contribution is -0.138. The van der Waals surface area contributed by atoms with E-state index in [0.717, 1.165) is 39.7 Å². The fourth-order valence-corrected chi connectivity index (χ4v) is 5.71. The molecule has 0 unspecified atom stereocenters. The van der Waals surface area contributed by atoms with Gasteiger partial charge in [0, 0.05) is 49.9 Å². The van der Waals surface area contributed by atoms with Crippen molar-refractivity contribution in [3.05, 3.63) is 53.3 Å². The smallest absolute Gasteiger partial charge is 0.333 e. The Morgan fingerprint density at radius 1 is 0.956 bits per heavy atom. The number of amides is 4. The number of ether oxygens (including phenoxy) is 1. The van der Waals surface area contributed by atoms with Crippen LogP contribution in [-0.4, -0.2) is 83.6 Å². The van der Waals surface area contributed by atoms with Crippen molar-refractivity contribution in [3.8, 4) is 5.75 Å². The summed E-state index contributed by atoms with van der Waals surface area (Å²) in [6.07, 6.45) is 5.49. The summed E-state index contributed by atoms with van der Waals surface area (Å²) < 4.78 is 37.8. The third-order valence-corrected chi connectivity index (χ3v) is 8.39. The second kappa shape index (κ2) is 14.9. The minimum atomic E-state index is -4.33. The number of hydrogen-bond acceptors (Lipinski definition) is 8. The second-order valence-electron chi connectivity index (χ2n) is 12.0. The van der Waals surface area contributed by atoms with E-state index in [0.29, 0.717) is 30.8 Å². The molecule has 2 aliphatic rings. The first-order valence-corrected chi connectivity index (χ1v) is 16.7. The number of carboxylic acid groups (broad SMARTS) is 1. The summed E-state index contributed by atoms with van der Waals surface area (Å²) in [6, 6.07) is 5.13. The fraction of sp³-hybridized carbons (Fsp3) is 0.500. The molecule has 0 radical (unpaired) electrons. The van der Waals surface area contributed by atoms with Gasteiger partial charge in [-0.25, -0.2) is 4.79 Å². The van der Waals surface area contributed by atoms with Gasteiger partial charge >= 0.3 is 12.0 Å². The molecule has 1 saturated heterocycles.